The molecule has 0 N–H and O–H groups in total. The number of rotatable bonds is 2. The zero-order valence-corrected chi connectivity index (χ0v) is 17.9. The first-order chi connectivity index (χ1) is 14.3. The number of halogens is 1. The largest absolute Gasteiger partial charge is 0.461 e. The van der Waals surface area contributed by atoms with Crippen LogP contribution in [0.25, 0.3) is 6.08 Å². The standard InChI is InChI=1S/C26H22ClNO2/c1-25(2)20-11-7-8-12-22(20)28(3)26(25)14-13-18-15-19(16-21(27)24(18)30-26)23(29)17-9-5-4-6-10-17/h4-16H,1-3H3. The quantitative estimate of drug-likeness (QED) is 0.473. The minimum atomic E-state index is -0.696. The Hall–Kier alpha value is -3.04. The minimum absolute atomic E-state index is 0.0558. The van der Waals surface area contributed by atoms with Crippen LogP contribution in [0.15, 0.2) is 72.8 Å². The van der Waals surface area contributed by atoms with Crippen LogP contribution in [0.3, 0.4) is 0 Å². The van der Waals surface area contributed by atoms with E-state index in [1.807, 2.05) is 55.6 Å². The smallest absolute Gasteiger partial charge is 0.211 e. The summed E-state index contributed by atoms with van der Waals surface area (Å²) in [6.45, 7) is 4.37. The van der Waals surface area contributed by atoms with Crippen LogP contribution >= 0.6 is 11.6 Å². The van der Waals surface area contributed by atoms with Gasteiger partial charge in [-0.3, -0.25) is 4.79 Å². The van der Waals surface area contributed by atoms with E-state index in [2.05, 4.69) is 43.0 Å². The molecule has 0 amide bonds. The van der Waals surface area contributed by atoms with Crippen molar-refractivity contribution < 1.29 is 9.53 Å². The Morgan fingerprint density at radius 2 is 1.67 bits per heavy atom. The highest BCUT2D eigenvalue weighted by Crippen LogP contribution is 2.55. The van der Waals surface area contributed by atoms with Gasteiger partial charge in [-0.15, -0.1) is 0 Å². The minimum Gasteiger partial charge on any atom is -0.461 e. The molecule has 0 aromatic heterocycles. The number of likely N-dealkylation sites (N-methyl/N-ethyl adjacent to an activating group) is 1. The molecular formula is C26H22ClNO2. The number of hydrogen-bond acceptors (Lipinski definition) is 3. The van der Waals surface area contributed by atoms with Gasteiger partial charge < -0.3 is 9.64 Å². The van der Waals surface area contributed by atoms with Crippen molar-refractivity contribution in [3.8, 4) is 5.75 Å². The number of hydrogen-bond donors (Lipinski definition) is 0. The molecule has 2 aliphatic rings. The highest BCUT2D eigenvalue weighted by atomic mass is 35.5. The van der Waals surface area contributed by atoms with Crippen LogP contribution in [0.1, 0.15) is 40.9 Å². The van der Waals surface area contributed by atoms with Gasteiger partial charge >= 0.3 is 0 Å². The second-order valence-electron chi connectivity index (χ2n) is 8.40. The summed E-state index contributed by atoms with van der Waals surface area (Å²) in [7, 11) is 2.05. The molecular weight excluding hydrogens is 394 g/mol. The fourth-order valence-electron chi connectivity index (χ4n) is 4.73. The lowest BCUT2D eigenvalue weighted by Gasteiger charge is -2.46. The molecule has 2 aliphatic heterocycles. The van der Waals surface area contributed by atoms with Crippen molar-refractivity contribution >= 4 is 29.1 Å². The number of para-hydroxylation sites is 1. The van der Waals surface area contributed by atoms with Gasteiger partial charge in [-0.1, -0.05) is 60.1 Å². The van der Waals surface area contributed by atoms with Crippen LogP contribution < -0.4 is 9.64 Å². The molecule has 1 unspecified atom stereocenters. The predicted octanol–water partition coefficient (Wildman–Crippen LogP) is 6.10. The lowest BCUT2D eigenvalue weighted by Crippen LogP contribution is -2.58. The van der Waals surface area contributed by atoms with Crippen LogP contribution in [0.2, 0.25) is 5.02 Å². The number of anilines is 1. The molecule has 3 nitrogen and oxygen atoms in total. The second kappa shape index (κ2) is 6.48. The summed E-state index contributed by atoms with van der Waals surface area (Å²) in [5.41, 5.74) is 3.38. The third-order valence-corrected chi connectivity index (χ3v) is 6.73. The molecule has 1 spiro atoms. The number of ether oxygens (including phenoxy) is 1. The van der Waals surface area contributed by atoms with Crippen LogP contribution in [-0.2, 0) is 5.41 Å². The predicted molar refractivity (Wildman–Crippen MR) is 122 cm³/mol. The number of nitrogens with zero attached hydrogens (tertiary/aromatic N) is 1. The van der Waals surface area contributed by atoms with E-state index in [0.717, 1.165) is 11.3 Å². The van der Waals surface area contributed by atoms with E-state index < -0.39 is 5.72 Å². The first-order valence-corrected chi connectivity index (χ1v) is 10.4. The summed E-state index contributed by atoms with van der Waals surface area (Å²) in [5, 5.41) is 0.440. The summed E-state index contributed by atoms with van der Waals surface area (Å²) in [6.07, 6.45) is 4.11. The second-order valence-corrected chi connectivity index (χ2v) is 8.81. The summed E-state index contributed by atoms with van der Waals surface area (Å²) >= 11 is 6.66. The van der Waals surface area contributed by atoms with E-state index in [0.29, 0.717) is 21.9 Å². The average Bonchev–Trinajstić information content (AvgIpc) is 2.93. The third kappa shape index (κ3) is 2.48. The molecule has 0 radical (unpaired) electrons. The Bertz CT molecular complexity index is 1200. The van der Waals surface area contributed by atoms with Gasteiger partial charge in [0, 0.05) is 29.4 Å². The average molecular weight is 416 g/mol. The van der Waals surface area contributed by atoms with Gasteiger partial charge in [0.2, 0.25) is 5.72 Å². The molecule has 2 heterocycles. The van der Waals surface area contributed by atoms with Crippen LogP contribution in [0.5, 0.6) is 5.75 Å². The maximum absolute atomic E-state index is 12.9. The van der Waals surface area contributed by atoms with E-state index in [9.17, 15) is 4.79 Å². The lowest BCUT2D eigenvalue weighted by molar-refractivity contribution is 0.0582. The summed E-state index contributed by atoms with van der Waals surface area (Å²) in [4.78, 5) is 15.1. The molecule has 0 saturated heterocycles. The van der Waals surface area contributed by atoms with Gasteiger partial charge in [0.15, 0.2) is 5.78 Å². The van der Waals surface area contributed by atoms with Crippen molar-refractivity contribution in [1.82, 2.24) is 0 Å². The fourth-order valence-corrected chi connectivity index (χ4v) is 4.99. The van der Waals surface area contributed by atoms with Crippen molar-refractivity contribution in [2.45, 2.75) is 25.0 Å². The van der Waals surface area contributed by atoms with E-state index >= 15 is 0 Å². The Kier molecular flexibility index (Phi) is 4.09. The van der Waals surface area contributed by atoms with E-state index in [-0.39, 0.29) is 11.2 Å². The van der Waals surface area contributed by atoms with Crippen molar-refractivity contribution in [2.24, 2.45) is 0 Å². The molecule has 150 valence electrons. The summed E-state index contributed by atoms with van der Waals surface area (Å²) in [5.74, 6) is 0.552. The monoisotopic (exact) mass is 415 g/mol. The fraction of sp³-hybridized carbons (Fsp3) is 0.192. The van der Waals surface area contributed by atoms with Gasteiger partial charge in [-0.05, 0) is 49.8 Å². The molecule has 4 heteroatoms. The van der Waals surface area contributed by atoms with Gasteiger partial charge in [0.05, 0.1) is 10.4 Å². The van der Waals surface area contributed by atoms with E-state index in [1.54, 1.807) is 6.07 Å². The Balaban J connectivity index is 1.58. The topological polar surface area (TPSA) is 29.5 Å². The highest BCUT2D eigenvalue weighted by molar-refractivity contribution is 6.33. The molecule has 30 heavy (non-hydrogen) atoms. The Morgan fingerprint density at radius 3 is 2.40 bits per heavy atom. The van der Waals surface area contributed by atoms with Gasteiger partial charge in [0.1, 0.15) is 5.75 Å². The third-order valence-electron chi connectivity index (χ3n) is 6.45. The number of ketones is 1. The molecule has 0 aliphatic carbocycles. The zero-order valence-electron chi connectivity index (χ0n) is 17.1. The maximum Gasteiger partial charge on any atom is 0.211 e. The summed E-state index contributed by atoms with van der Waals surface area (Å²) < 4.78 is 6.66. The molecule has 5 rings (SSSR count). The van der Waals surface area contributed by atoms with E-state index in [4.69, 9.17) is 16.3 Å². The SMILES string of the molecule is CN1c2ccccc2C(C)(C)C12C=Cc1cc(C(=O)c3ccccc3)cc(Cl)c1O2. The molecule has 3 aromatic carbocycles. The first-order valence-electron chi connectivity index (χ1n) is 10.00. The van der Waals surface area contributed by atoms with Crippen molar-refractivity contribution in [1.29, 1.82) is 0 Å². The summed E-state index contributed by atoms with van der Waals surface area (Å²) in [6, 6.07) is 21.1. The van der Waals surface area contributed by atoms with Crippen molar-refractivity contribution in [2.75, 3.05) is 11.9 Å². The molecule has 0 saturated carbocycles. The normalized spacial score (nSPS) is 20.6. The highest BCUT2D eigenvalue weighted by Gasteiger charge is 2.57. The zero-order chi connectivity index (χ0) is 21.1. The van der Waals surface area contributed by atoms with E-state index in [1.165, 1.54) is 5.56 Å². The Labute approximate surface area is 181 Å². The molecule has 0 fully saturated rings. The van der Waals surface area contributed by atoms with Gasteiger partial charge in [-0.2, -0.15) is 0 Å². The number of fused-ring (bicyclic) bond motifs is 2. The van der Waals surface area contributed by atoms with Crippen molar-refractivity contribution in [3.05, 3.63) is 100 Å². The van der Waals surface area contributed by atoms with Gasteiger partial charge in [-0.25, -0.2) is 0 Å². The maximum atomic E-state index is 12.9. The molecule has 3 aromatic rings. The van der Waals surface area contributed by atoms with Crippen LogP contribution in [0.4, 0.5) is 5.69 Å². The van der Waals surface area contributed by atoms with Crippen LogP contribution in [-0.4, -0.2) is 18.6 Å². The molecule has 1 atom stereocenters. The Morgan fingerprint density at radius 1 is 0.967 bits per heavy atom. The molecule has 0 bridgehead atoms. The lowest BCUT2D eigenvalue weighted by atomic mass is 9.76. The van der Waals surface area contributed by atoms with Gasteiger partial charge in [0.25, 0.3) is 0 Å². The number of benzene rings is 3. The number of carbonyl (C=O) groups is 1. The van der Waals surface area contributed by atoms with Crippen molar-refractivity contribution in [3.63, 3.8) is 0 Å². The first kappa shape index (κ1) is 19.0. The van der Waals surface area contributed by atoms with Crippen LogP contribution in [0, 0.1) is 0 Å². The number of carbonyl (C=O) groups excluding carboxylic acids is 1.